The molecule has 0 aliphatic rings. The van der Waals surface area contributed by atoms with Gasteiger partial charge < -0.3 is 5.32 Å². The number of hydrogen-bond acceptors (Lipinski definition) is 4. The Kier molecular flexibility index (Phi) is 4.16. The molecule has 3 rings (SSSR count). The molecule has 2 aromatic carbocycles. The van der Waals surface area contributed by atoms with Crippen molar-refractivity contribution in [2.75, 3.05) is 5.32 Å². The van der Waals surface area contributed by atoms with E-state index in [2.05, 4.69) is 36.7 Å². The molecule has 1 amide bonds. The number of anilines is 1. The number of aryl methyl sites for hydroxylation is 1. The molecule has 1 heterocycles. The van der Waals surface area contributed by atoms with Crippen molar-refractivity contribution in [3.63, 3.8) is 0 Å². The fraction of sp³-hybridized carbons (Fsp3) is 0.0667. The Labute approximate surface area is 139 Å². The summed E-state index contributed by atoms with van der Waals surface area (Å²) in [4.78, 5) is 13.3. The van der Waals surface area contributed by atoms with Crippen LogP contribution in [0.15, 0.2) is 46.9 Å². The Balaban J connectivity index is 1.79. The maximum atomic E-state index is 13.7. The quantitative estimate of drug-likeness (QED) is 0.763. The number of nitrogens with zero attached hydrogens (tertiary/aromatic N) is 4. The second kappa shape index (κ2) is 6.25. The lowest BCUT2D eigenvalue weighted by Crippen LogP contribution is -2.15. The summed E-state index contributed by atoms with van der Waals surface area (Å²) in [5.41, 5.74) is 1.82. The van der Waals surface area contributed by atoms with Crippen molar-refractivity contribution in [2.45, 2.75) is 6.92 Å². The van der Waals surface area contributed by atoms with Gasteiger partial charge in [0.25, 0.3) is 11.7 Å². The van der Waals surface area contributed by atoms with Crippen molar-refractivity contribution in [3.05, 3.63) is 64.1 Å². The molecule has 0 saturated carbocycles. The number of carbonyl (C=O) groups is 1. The first kappa shape index (κ1) is 15.3. The highest BCUT2D eigenvalue weighted by molar-refractivity contribution is 9.10. The maximum Gasteiger partial charge on any atom is 0.297 e. The molecule has 23 heavy (non-hydrogen) atoms. The Morgan fingerprint density at radius 2 is 1.96 bits per heavy atom. The van der Waals surface area contributed by atoms with Crippen LogP contribution in [0.1, 0.15) is 16.2 Å². The summed E-state index contributed by atoms with van der Waals surface area (Å²) < 4.78 is 14.3. The van der Waals surface area contributed by atoms with Gasteiger partial charge in [0.1, 0.15) is 5.82 Å². The minimum atomic E-state index is -0.635. The minimum absolute atomic E-state index is 0.0462. The summed E-state index contributed by atoms with van der Waals surface area (Å²) in [6, 6.07) is 11.7. The molecule has 0 radical (unpaired) electrons. The normalized spacial score (nSPS) is 10.6. The molecule has 3 aromatic rings. The van der Waals surface area contributed by atoms with Crippen molar-refractivity contribution in [2.24, 2.45) is 0 Å². The summed E-state index contributed by atoms with van der Waals surface area (Å²) in [5.74, 6) is -1.34. The molecule has 0 saturated heterocycles. The van der Waals surface area contributed by atoms with Crippen molar-refractivity contribution in [3.8, 4) is 5.69 Å². The smallest absolute Gasteiger partial charge is 0.297 e. The Hall–Kier alpha value is -2.61. The van der Waals surface area contributed by atoms with E-state index in [9.17, 15) is 9.18 Å². The molecule has 8 heteroatoms. The average Bonchev–Trinajstić information content (AvgIpc) is 3.01. The molecular formula is C15H11BrFN5O. The summed E-state index contributed by atoms with van der Waals surface area (Å²) in [5, 5.41) is 13.9. The van der Waals surface area contributed by atoms with Gasteiger partial charge >= 0.3 is 0 Å². The van der Waals surface area contributed by atoms with Crippen molar-refractivity contribution in [1.82, 2.24) is 20.2 Å². The summed E-state index contributed by atoms with van der Waals surface area (Å²) >= 11 is 3.15. The number of halogens is 2. The van der Waals surface area contributed by atoms with E-state index in [1.54, 1.807) is 6.07 Å². The van der Waals surface area contributed by atoms with Crippen LogP contribution < -0.4 is 5.32 Å². The SMILES string of the molecule is Cc1ccc(-n2nnc(C(=O)Nc3ccc(Br)cc3F)n2)cc1. The molecule has 1 aromatic heterocycles. The molecular weight excluding hydrogens is 365 g/mol. The van der Waals surface area contributed by atoms with Gasteiger partial charge in [0.2, 0.25) is 0 Å². The van der Waals surface area contributed by atoms with Crippen molar-refractivity contribution < 1.29 is 9.18 Å². The minimum Gasteiger partial charge on any atom is -0.317 e. The molecule has 0 atom stereocenters. The van der Waals surface area contributed by atoms with Crippen LogP contribution in [0.25, 0.3) is 5.69 Å². The summed E-state index contributed by atoms with van der Waals surface area (Å²) in [6.45, 7) is 1.96. The van der Waals surface area contributed by atoms with Gasteiger partial charge in [0.05, 0.1) is 11.4 Å². The predicted octanol–water partition coefficient (Wildman–Crippen LogP) is 3.12. The van der Waals surface area contributed by atoms with Gasteiger partial charge in [-0.15, -0.1) is 15.0 Å². The summed E-state index contributed by atoms with van der Waals surface area (Å²) in [7, 11) is 0. The summed E-state index contributed by atoms with van der Waals surface area (Å²) in [6.07, 6.45) is 0. The Bertz CT molecular complexity index is 863. The monoisotopic (exact) mass is 375 g/mol. The van der Waals surface area contributed by atoms with Gasteiger partial charge in [-0.1, -0.05) is 33.6 Å². The second-order valence-corrected chi connectivity index (χ2v) is 5.73. The van der Waals surface area contributed by atoms with E-state index in [0.717, 1.165) is 5.56 Å². The molecule has 0 bridgehead atoms. The maximum absolute atomic E-state index is 13.7. The number of tetrazole rings is 1. The highest BCUT2D eigenvalue weighted by Gasteiger charge is 2.15. The number of carbonyl (C=O) groups excluding carboxylic acids is 1. The fourth-order valence-electron chi connectivity index (χ4n) is 1.86. The average molecular weight is 376 g/mol. The fourth-order valence-corrected chi connectivity index (χ4v) is 2.19. The first-order valence-corrected chi connectivity index (χ1v) is 7.46. The number of rotatable bonds is 3. The molecule has 116 valence electrons. The molecule has 0 aliphatic carbocycles. The number of amides is 1. The topological polar surface area (TPSA) is 72.7 Å². The lowest BCUT2D eigenvalue weighted by atomic mass is 10.2. The van der Waals surface area contributed by atoms with Gasteiger partial charge in [-0.3, -0.25) is 4.79 Å². The van der Waals surface area contributed by atoms with Crippen LogP contribution in [0.5, 0.6) is 0 Å². The van der Waals surface area contributed by atoms with Gasteiger partial charge in [-0.2, -0.15) is 0 Å². The van der Waals surface area contributed by atoms with E-state index in [-0.39, 0.29) is 11.5 Å². The molecule has 1 N–H and O–H groups in total. The van der Waals surface area contributed by atoms with Crippen LogP contribution in [0.3, 0.4) is 0 Å². The van der Waals surface area contributed by atoms with Crippen LogP contribution in [-0.2, 0) is 0 Å². The van der Waals surface area contributed by atoms with Crippen LogP contribution in [0.4, 0.5) is 10.1 Å². The van der Waals surface area contributed by atoms with Crippen LogP contribution in [0.2, 0.25) is 0 Å². The van der Waals surface area contributed by atoms with Crippen LogP contribution >= 0.6 is 15.9 Å². The largest absolute Gasteiger partial charge is 0.317 e. The molecule has 0 spiro atoms. The molecule has 0 fully saturated rings. The zero-order chi connectivity index (χ0) is 16.4. The van der Waals surface area contributed by atoms with E-state index in [0.29, 0.717) is 10.2 Å². The molecule has 0 unspecified atom stereocenters. The first-order valence-electron chi connectivity index (χ1n) is 6.66. The number of hydrogen-bond donors (Lipinski definition) is 1. The van der Waals surface area contributed by atoms with Crippen LogP contribution in [0, 0.1) is 12.7 Å². The van der Waals surface area contributed by atoms with E-state index < -0.39 is 11.7 Å². The number of aromatic nitrogens is 4. The Morgan fingerprint density at radius 1 is 1.22 bits per heavy atom. The van der Waals surface area contributed by atoms with Crippen molar-refractivity contribution >= 4 is 27.5 Å². The van der Waals surface area contributed by atoms with Gasteiger partial charge in [-0.25, -0.2) is 4.39 Å². The van der Waals surface area contributed by atoms with Crippen molar-refractivity contribution in [1.29, 1.82) is 0 Å². The number of nitrogens with one attached hydrogen (secondary N) is 1. The van der Waals surface area contributed by atoms with E-state index >= 15 is 0 Å². The standard InChI is InChI=1S/C15H11BrFN5O/c1-9-2-5-11(6-3-9)22-20-14(19-21-22)15(23)18-13-7-4-10(16)8-12(13)17/h2-8H,1H3,(H,18,23). The first-order chi connectivity index (χ1) is 11.0. The zero-order valence-corrected chi connectivity index (χ0v) is 13.6. The molecule has 0 aliphatic heterocycles. The highest BCUT2D eigenvalue weighted by atomic mass is 79.9. The molecule has 6 nitrogen and oxygen atoms in total. The van der Waals surface area contributed by atoms with E-state index in [1.165, 1.54) is 16.9 Å². The number of benzene rings is 2. The van der Waals surface area contributed by atoms with Gasteiger partial charge in [0.15, 0.2) is 0 Å². The third-order valence-corrected chi connectivity index (χ3v) is 3.55. The van der Waals surface area contributed by atoms with E-state index in [4.69, 9.17) is 0 Å². The zero-order valence-electron chi connectivity index (χ0n) is 12.0. The predicted molar refractivity (Wildman–Crippen MR) is 85.9 cm³/mol. The van der Waals surface area contributed by atoms with Gasteiger partial charge in [-0.05, 0) is 42.5 Å². The lowest BCUT2D eigenvalue weighted by molar-refractivity contribution is 0.101. The van der Waals surface area contributed by atoms with Gasteiger partial charge in [0, 0.05) is 4.47 Å². The third-order valence-electron chi connectivity index (χ3n) is 3.06. The third kappa shape index (κ3) is 3.42. The Morgan fingerprint density at radius 3 is 2.65 bits per heavy atom. The van der Waals surface area contributed by atoms with Crippen LogP contribution in [-0.4, -0.2) is 26.1 Å². The highest BCUT2D eigenvalue weighted by Crippen LogP contribution is 2.19. The second-order valence-electron chi connectivity index (χ2n) is 4.82. The van der Waals surface area contributed by atoms with E-state index in [1.807, 2.05) is 31.2 Å². The lowest BCUT2D eigenvalue weighted by Gasteiger charge is -2.04.